The van der Waals surface area contributed by atoms with Crippen molar-refractivity contribution in [3.05, 3.63) is 59.9 Å². The van der Waals surface area contributed by atoms with Gasteiger partial charge in [-0.25, -0.2) is 4.39 Å². The molecule has 1 aliphatic heterocycles. The molecule has 0 atom stereocenters. The van der Waals surface area contributed by atoms with Gasteiger partial charge in [-0.05, 0) is 62.3 Å². The third-order valence-corrected chi connectivity index (χ3v) is 4.91. The van der Waals surface area contributed by atoms with Crippen molar-refractivity contribution >= 4 is 29.1 Å². The summed E-state index contributed by atoms with van der Waals surface area (Å²) in [4.78, 5) is 38.2. The third-order valence-electron chi connectivity index (χ3n) is 4.91. The number of nitrogens with one attached hydrogen (secondary N) is 2. The molecule has 8 heteroatoms. The van der Waals surface area contributed by atoms with Crippen molar-refractivity contribution in [2.75, 3.05) is 30.3 Å². The number of hydrogen-bond acceptors (Lipinski definition) is 4. The quantitative estimate of drug-likeness (QED) is 0.694. The summed E-state index contributed by atoms with van der Waals surface area (Å²) in [5, 5.41) is 5.46. The van der Waals surface area contributed by atoms with Crippen molar-refractivity contribution < 1.29 is 18.8 Å². The molecule has 29 heavy (non-hydrogen) atoms. The van der Waals surface area contributed by atoms with E-state index < -0.39 is 11.7 Å². The Morgan fingerprint density at radius 1 is 1.00 bits per heavy atom. The number of benzene rings is 2. The van der Waals surface area contributed by atoms with E-state index in [1.54, 1.807) is 24.3 Å². The summed E-state index contributed by atoms with van der Waals surface area (Å²) in [7, 11) is 0. The number of carbonyl (C=O) groups is 3. The van der Waals surface area contributed by atoms with Crippen LogP contribution in [-0.4, -0.2) is 42.3 Å². The minimum atomic E-state index is -0.408. The minimum Gasteiger partial charge on any atom is -0.369 e. The van der Waals surface area contributed by atoms with Gasteiger partial charge in [0, 0.05) is 11.6 Å². The predicted octanol–water partition coefficient (Wildman–Crippen LogP) is 2.21. The number of rotatable bonds is 6. The van der Waals surface area contributed by atoms with Crippen LogP contribution in [0.2, 0.25) is 0 Å². The largest absolute Gasteiger partial charge is 0.369 e. The van der Waals surface area contributed by atoms with E-state index in [1.807, 2.05) is 4.90 Å². The van der Waals surface area contributed by atoms with Crippen LogP contribution in [0, 0.1) is 11.7 Å². The molecule has 0 spiro atoms. The lowest BCUT2D eigenvalue weighted by atomic mass is 9.96. The molecule has 2 aromatic carbocycles. The number of anilines is 2. The summed E-state index contributed by atoms with van der Waals surface area (Å²) in [6, 6.07) is 12.1. The van der Waals surface area contributed by atoms with Gasteiger partial charge >= 0.3 is 0 Å². The van der Waals surface area contributed by atoms with Crippen LogP contribution in [0.5, 0.6) is 0 Å². The van der Waals surface area contributed by atoms with Crippen molar-refractivity contribution in [1.29, 1.82) is 0 Å². The first kappa shape index (κ1) is 20.5. The molecule has 1 heterocycles. The number of primary amides is 1. The number of halogens is 1. The molecule has 3 amide bonds. The van der Waals surface area contributed by atoms with Crippen molar-refractivity contribution in [3.63, 3.8) is 0 Å². The van der Waals surface area contributed by atoms with E-state index in [-0.39, 0.29) is 24.3 Å². The fraction of sp³-hybridized carbons (Fsp3) is 0.286. The van der Waals surface area contributed by atoms with Gasteiger partial charge in [0.1, 0.15) is 5.82 Å². The summed E-state index contributed by atoms with van der Waals surface area (Å²) >= 11 is 0. The maximum absolute atomic E-state index is 13.0. The molecule has 0 aromatic heterocycles. The minimum absolute atomic E-state index is 0.134. The lowest BCUT2D eigenvalue weighted by Crippen LogP contribution is -2.42. The number of likely N-dealkylation sites (tertiary alicyclic amines) is 1. The molecule has 1 aliphatic rings. The highest BCUT2D eigenvalue weighted by Crippen LogP contribution is 2.19. The Bertz CT molecular complexity index is 893. The van der Waals surface area contributed by atoms with Gasteiger partial charge in [0.15, 0.2) is 0 Å². The van der Waals surface area contributed by atoms with Gasteiger partial charge in [0.05, 0.1) is 17.8 Å². The molecular weight excluding hydrogens is 375 g/mol. The lowest BCUT2D eigenvalue weighted by Gasteiger charge is -2.29. The fourth-order valence-electron chi connectivity index (χ4n) is 3.29. The van der Waals surface area contributed by atoms with Crippen LogP contribution in [0.3, 0.4) is 0 Å². The summed E-state index contributed by atoms with van der Waals surface area (Å²) < 4.78 is 13.0. The van der Waals surface area contributed by atoms with Gasteiger partial charge in [-0.1, -0.05) is 12.1 Å². The number of carbonyl (C=O) groups excluding carboxylic acids is 3. The van der Waals surface area contributed by atoms with Gasteiger partial charge in [0.2, 0.25) is 11.8 Å². The zero-order chi connectivity index (χ0) is 20.8. The Morgan fingerprint density at radius 3 is 2.31 bits per heavy atom. The molecule has 2 aromatic rings. The average molecular weight is 398 g/mol. The number of amides is 3. The average Bonchev–Trinajstić information content (AvgIpc) is 2.70. The van der Waals surface area contributed by atoms with Crippen LogP contribution in [-0.2, 0) is 9.59 Å². The second-order valence-corrected chi connectivity index (χ2v) is 7.01. The molecule has 0 bridgehead atoms. The van der Waals surface area contributed by atoms with E-state index in [2.05, 4.69) is 10.6 Å². The highest BCUT2D eigenvalue weighted by molar-refractivity contribution is 6.10. The van der Waals surface area contributed by atoms with E-state index in [0.717, 1.165) is 0 Å². The molecule has 0 aliphatic carbocycles. The number of nitrogens with two attached hydrogens (primary N) is 1. The first-order valence-electron chi connectivity index (χ1n) is 9.40. The van der Waals surface area contributed by atoms with E-state index >= 15 is 0 Å². The predicted molar refractivity (Wildman–Crippen MR) is 108 cm³/mol. The summed E-state index contributed by atoms with van der Waals surface area (Å²) in [6.45, 7) is 1.40. The normalized spacial score (nSPS) is 14.9. The van der Waals surface area contributed by atoms with Crippen LogP contribution in [0.25, 0.3) is 0 Å². The smallest absolute Gasteiger partial charge is 0.257 e. The Kier molecular flexibility index (Phi) is 6.56. The molecule has 0 saturated carbocycles. The van der Waals surface area contributed by atoms with Crippen LogP contribution < -0.4 is 16.4 Å². The molecule has 3 rings (SSSR count). The van der Waals surface area contributed by atoms with Crippen LogP contribution in [0.4, 0.5) is 15.8 Å². The van der Waals surface area contributed by atoms with E-state index in [0.29, 0.717) is 42.9 Å². The van der Waals surface area contributed by atoms with Crippen LogP contribution in [0.1, 0.15) is 23.2 Å². The van der Waals surface area contributed by atoms with E-state index in [1.165, 1.54) is 24.3 Å². The summed E-state index contributed by atoms with van der Waals surface area (Å²) in [5.41, 5.74) is 6.48. The van der Waals surface area contributed by atoms with Gasteiger partial charge in [-0.15, -0.1) is 0 Å². The maximum atomic E-state index is 13.0. The van der Waals surface area contributed by atoms with Gasteiger partial charge in [-0.2, -0.15) is 0 Å². The first-order chi connectivity index (χ1) is 13.9. The molecule has 1 fully saturated rings. The fourth-order valence-corrected chi connectivity index (χ4v) is 3.29. The highest BCUT2D eigenvalue weighted by atomic mass is 19.1. The van der Waals surface area contributed by atoms with Crippen molar-refractivity contribution in [3.8, 4) is 0 Å². The van der Waals surface area contributed by atoms with Crippen molar-refractivity contribution in [1.82, 2.24) is 4.90 Å². The summed E-state index contributed by atoms with van der Waals surface area (Å²) in [6.07, 6.45) is 1.28. The molecule has 152 valence electrons. The lowest BCUT2D eigenvalue weighted by molar-refractivity contribution is -0.123. The monoisotopic (exact) mass is 398 g/mol. The summed E-state index contributed by atoms with van der Waals surface area (Å²) in [5.74, 6) is -1.48. The van der Waals surface area contributed by atoms with Crippen LogP contribution >= 0.6 is 0 Å². The van der Waals surface area contributed by atoms with Gasteiger partial charge < -0.3 is 16.4 Å². The molecule has 7 nitrogen and oxygen atoms in total. The van der Waals surface area contributed by atoms with Crippen molar-refractivity contribution in [2.45, 2.75) is 12.8 Å². The van der Waals surface area contributed by atoms with Gasteiger partial charge in [-0.3, -0.25) is 19.3 Å². The highest BCUT2D eigenvalue weighted by Gasteiger charge is 2.24. The van der Waals surface area contributed by atoms with E-state index in [9.17, 15) is 18.8 Å². The second kappa shape index (κ2) is 9.29. The maximum Gasteiger partial charge on any atom is 0.257 e. The molecular formula is C21H23FN4O3. The Balaban J connectivity index is 1.60. The number of nitrogens with zero attached hydrogens (tertiary/aromatic N) is 1. The Hall–Kier alpha value is -3.26. The zero-order valence-corrected chi connectivity index (χ0v) is 15.9. The van der Waals surface area contributed by atoms with Crippen LogP contribution in [0.15, 0.2) is 48.5 Å². The Morgan fingerprint density at radius 2 is 1.66 bits per heavy atom. The number of piperidine rings is 1. The van der Waals surface area contributed by atoms with Crippen molar-refractivity contribution in [2.24, 2.45) is 11.7 Å². The topological polar surface area (TPSA) is 105 Å². The molecule has 4 N–H and O–H groups in total. The zero-order valence-electron chi connectivity index (χ0n) is 15.9. The first-order valence-corrected chi connectivity index (χ1v) is 9.40. The third kappa shape index (κ3) is 5.61. The molecule has 1 saturated heterocycles. The Labute approximate surface area is 168 Å². The number of para-hydroxylation sites is 1. The molecule has 0 radical (unpaired) electrons. The number of hydrogen-bond donors (Lipinski definition) is 3. The SMILES string of the molecule is NC(=O)C1CCN(CC(=O)Nc2ccccc2C(=O)Nc2ccc(F)cc2)CC1. The van der Waals surface area contributed by atoms with E-state index in [4.69, 9.17) is 5.73 Å². The molecule has 0 unspecified atom stereocenters. The second-order valence-electron chi connectivity index (χ2n) is 7.01. The standard InChI is InChI=1S/C21H23FN4O3/c22-15-5-7-16(8-6-15)24-21(29)17-3-1-2-4-18(17)25-19(27)13-26-11-9-14(10-12-26)20(23)28/h1-8,14H,9-13H2,(H2,23,28)(H,24,29)(H,25,27). The van der Waals surface area contributed by atoms with Gasteiger partial charge in [0.25, 0.3) is 5.91 Å².